The van der Waals surface area contributed by atoms with Crippen molar-refractivity contribution >= 4 is 23.4 Å². The van der Waals surface area contributed by atoms with E-state index in [1.165, 1.54) is 5.37 Å². The summed E-state index contributed by atoms with van der Waals surface area (Å²) in [5.74, 6) is 1.14. The Bertz CT molecular complexity index is 273. The summed E-state index contributed by atoms with van der Waals surface area (Å²) < 4.78 is 0. The molecule has 0 saturated carbocycles. The average Bonchev–Trinajstić information content (AvgIpc) is 1.85. The number of nitrogens with zero attached hydrogens (tertiary/aromatic N) is 2. The van der Waals surface area contributed by atoms with Crippen LogP contribution in [0.5, 0.6) is 0 Å². The van der Waals surface area contributed by atoms with Crippen LogP contribution in [0.2, 0.25) is 0 Å². The summed E-state index contributed by atoms with van der Waals surface area (Å²) in [6, 6.07) is 0. The van der Waals surface area contributed by atoms with E-state index >= 15 is 0 Å². The van der Waals surface area contributed by atoms with Crippen molar-refractivity contribution in [2.45, 2.75) is 13.8 Å². The van der Waals surface area contributed by atoms with Crippen molar-refractivity contribution in [1.29, 1.82) is 0 Å². The van der Waals surface area contributed by atoms with Gasteiger partial charge in [-0.05, 0) is 13.8 Å². The number of aryl methyl sites for hydroxylation is 2. The quantitative estimate of drug-likeness (QED) is 0.634. The minimum atomic E-state index is 0.463. The van der Waals surface area contributed by atoms with Gasteiger partial charge in [0.25, 0.3) is 0 Å². The molecule has 0 aliphatic rings. The van der Waals surface area contributed by atoms with E-state index in [2.05, 4.69) is 9.97 Å². The molecule has 0 amide bonds. The molecule has 0 aliphatic carbocycles. The number of hydrogen-bond acceptors (Lipinski definition) is 4. The van der Waals surface area contributed by atoms with Gasteiger partial charge in [0.2, 0.25) is 0 Å². The molecule has 0 unspecified atom stereocenters. The largest absolute Gasteiger partial charge is 0.383 e. The Labute approximate surface area is 70.7 Å². The zero-order chi connectivity index (χ0) is 8.43. The van der Waals surface area contributed by atoms with Gasteiger partial charge in [-0.25, -0.2) is 9.97 Å². The molecule has 0 fully saturated rings. The van der Waals surface area contributed by atoms with E-state index in [4.69, 9.17) is 18.0 Å². The fourth-order valence-electron chi connectivity index (χ4n) is 0.893. The average molecular weight is 167 g/mol. The molecule has 2 N–H and O–H groups in total. The Morgan fingerprint density at radius 3 is 2.45 bits per heavy atom. The maximum atomic E-state index is 5.58. The fourth-order valence-corrected chi connectivity index (χ4v) is 1.18. The van der Waals surface area contributed by atoms with Gasteiger partial charge in [0.15, 0.2) is 0 Å². The molecule has 1 rings (SSSR count). The third-order valence-electron chi connectivity index (χ3n) is 1.40. The van der Waals surface area contributed by atoms with Gasteiger partial charge < -0.3 is 5.73 Å². The monoisotopic (exact) mass is 167 g/mol. The van der Waals surface area contributed by atoms with Gasteiger partial charge in [-0.1, -0.05) is 12.2 Å². The maximum Gasteiger partial charge on any atom is 0.135 e. The van der Waals surface area contributed by atoms with Crippen molar-refractivity contribution in [3.63, 3.8) is 0 Å². The summed E-state index contributed by atoms with van der Waals surface area (Å²) in [6.45, 7) is 3.67. The van der Waals surface area contributed by atoms with Crippen molar-refractivity contribution in [2.75, 3.05) is 5.73 Å². The first-order valence-electron chi connectivity index (χ1n) is 3.21. The molecule has 0 atom stereocenters. The molecule has 1 aromatic heterocycles. The van der Waals surface area contributed by atoms with Crippen LogP contribution in [-0.4, -0.2) is 15.3 Å². The molecule has 11 heavy (non-hydrogen) atoms. The Balaban J connectivity index is 3.36. The predicted molar refractivity (Wildman–Crippen MR) is 48.7 cm³/mol. The van der Waals surface area contributed by atoms with Gasteiger partial charge >= 0.3 is 0 Å². The van der Waals surface area contributed by atoms with Crippen LogP contribution in [0.1, 0.15) is 17.1 Å². The van der Waals surface area contributed by atoms with E-state index < -0.39 is 0 Å². The van der Waals surface area contributed by atoms with Crippen molar-refractivity contribution in [2.24, 2.45) is 0 Å². The Morgan fingerprint density at radius 2 is 2.00 bits per heavy atom. The topological polar surface area (TPSA) is 51.8 Å². The van der Waals surface area contributed by atoms with Crippen molar-refractivity contribution < 1.29 is 0 Å². The lowest BCUT2D eigenvalue weighted by atomic mass is 10.2. The molecule has 4 heteroatoms. The van der Waals surface area contributed by atoms with Gasteiger partial charge in [-0.15, -0.1) is 0 Å². The Morgan fingerprint density at radius 1 is 1.36 bits per heavy atom. The number of hydrogen-bond donors (Lipinski definition) is 1. The van der Waals surface area contributed by atoms with E-state index in [1.807, 2.05) is 6.92 Å². The Kier molecular flexibility index (Phi) is 2.14. The highest BCUT2D eigenvalue weighted by atomic mass is 32.1. The highest BCUT2D eigenvalue weighted by Crippen LogP contribution is 2.09. The highest BCUT2D eigenvalue weighted by molar-refractivity contribution is 7.79. The normalized spacial score (nSPS) is 9.64. The van der Waals surface area contributed by atoms with Crippen molar-refractivity contribution in [3.05, 3.63) is 17.1 Å². The van der Waals surface area contributed by atoms with Gasteiger partial charge in [0.1, 0.15) is 11.6 Å². The fraction of sp³-hybridized carbons (Fsp3) is 0.286. The second-order valence-electron chi connectivity index (χ2n) is 2.27. The van der Waals surface area contributed by atoms with Gasteiger partial charge in [-0.3, -0.25) is 0 Å². The van der Waals surface area contributed by atoms with Crippen molar-refractivity contribution in [1.82, 2.24) is 9.97 Å². The van der Waals surface area contributed by atoms with Crippen LogP contribution in [0.15, 0.2) is 0 Å². The SMILES string of the molecule is Cc1nc(C)c(C=S)c(N)n1. The number of nitrogens with two attached hydrogens (primary N) is 1. The molecule has 3 nitrogen and oxygen atoms in total. The number of nitrogen functional groups attached to an aromatic ring is 1. The maximum absolute atomic E-state index is 5.58. The predicted octanol–water partition coefficient (Wildman–Crippen LogP) is 1.02. The molecule has 0 aliphatic heterocycles. The van der Waals surface area contributed by atoms with E-state index in [1.54, 1.807) is 6.92 Å². The number of aromatic nitrogens is 2. The van der Waals surface area contributed by atoms with Crippen LogP contribution >= 0.6 is 12.2 Å². The van der Waals surface area contributed by atoms with Gasteiger partial charge in [-0.2, -0.15) is 0 Å². The number of rotatable bonds is 1. The summed E-state index contributed by atoms with van der Waals surface area (Å²) in [6.07, 6.45) is 0. The molecule has 0 saturated heterocycles. The van der Waals surface area contributed by atoms with Crippen LogP contribution in [0.4, 0.5) is 5.82 Å². The molecule has 0 aromatic carbocycles. The van der Waals surface area contributed by atoms with E-state index in [9.17, 15) is 0 Å². The first kappa shape index (κ1) is 8.07. The third-order valence-corrected chi connectivity index (χ3v) is 1.63. The minimum absolute atomic E-state index is 0.463. The number of anilines is 1. The van der Waals surface area contributed by atoms with Crippen LogP contribution in [-0.2, 0) is 0 Å². The molecule has 58 valence electrons. The Hall–Kier alpha value is -1.03. The van der Waals surface area contributed by atoms with Crippen LogP contribution in [0.3, 0.4) is 0 Å². The molecule has 1 aromatic rings. The molecular formula is C7H9N3S. The van der Waals surface area contributed by atoms with Gasteiger partial charge in [0, 0.05) is 10.9 Å². The molecular weight excluding hydrogens is 158 g/mol. The third kappa shape index (κ3) is 1.51. The summed E-state index contributed by atoms with van der Waals surface area (Å²) in [4.78, 5) is 8.09. The summed E-state index contributed by atoms with van der Waals surface area (Å²) in [5, 5.41) is 1.50. The van der Waals surface area contributed by atoms with E-state index in [-0.39, 0.29) is 0 Å². The molecule has 0 bridgehead atoms. The first-order chi connectivity index (χ1) is 5.15. The lowest BCUT2D eigenvalue weighted by Crippen LogP contribution is -2.03. The van der Waals surface area contributed by atoms with Gasteiger partial charge in [0.05, 0.1) is 5.69 Å². The second-order valence-corrected chi connectivity index (χ2v) is 2.51. The van der Waals surface area contributed by atoms with E-state index in [0.717, 1.165) is 11.3 Å². The number of thiocarbonyl (C=S) groups is 1. The van der Waals surface area contributed by atoms with Crippen LogP contribution in [0.25, 0.3) is 0 Å². The second kappa shape index (κ2) is 2.92. The minimum Gasteiger partial charge on any atom is -0.383 e. The van der Waals surface area contributed by atoms with Crippen molar-refractivity contribution in [3.8, 4) is 0 Å². The molecule has 1 heterocycles. The lowest BCUT2D eigenvalue weighted by molar-refractivity contribution is 1.02. The lowest BCUT2D eigenvalue weighted by Gasteiger charge is -2.02. The summed E-state index contributed by atoms with van der Waals surface area (Å²) >= 11 is 4.75. The smallest absolute Gasteiger partial charge is 0.135 e. The van der Waals surface area contributed by atoms with E-state index in [0.29, 0.717) is 11.6 Å². The van der Waals surface area contributed by atoms with Crippen LogP contribution < -0.4 is 5.73 Å². The standard InChI is InChI=1S/C7H9N3S/c1-4-6(3-11)7(8)10-5(2)9-4/h3H,1-2H3,(H2,8,9,10). The highest BCUT2D eigenvalue weighted by Gasteiger charge is 2.02. The zero-order valence-electron chi connectivity index (χ0n) is 6.46. The molecule has 0 spiro atoms. The first-order valence-corrected chi connectivity index (χ1v) is 3.68. The van der Waals surface area contributed by atoms with Crippen LogP contribution in [0, 0.1) is 13.8 Å². The molecule has 0 radical (unpaired) electrons. The summed E-state index contributed by atoms with van der Waals surface area (Å²) in [5.41, 5.74) is 7.18. The zero-order valence-corrected chi connectivity index (χ0v) is 7.27. The summed E-state index contributed by atoms with van der Waals surface area (Å²) in [7, 11) is 0.